The van der Waals surface area contributed by atoms with Crippen LogP contribution in [0.3, 0.4) is 0 Å². The van der Waals surface area contributed by atoms with Crippen LogP contribution in [0.2, 0.25) is 0 Å². The number of hydrogen-bond donors (Lipinski definition) is 1. The van der Waals surface area contributed by atoms with Gasteiger partial charge in [-0.05, 0) is 37.4 Å². The van der Waals surface area contributed by atoms with Crippen LogP contribution in [0.5, 0.6) is 0 Å². The summed E-state index contributed by atoms with van der Waals surface area (Å²) < 4.78 is 0. The molecule has 1 aliphatic heterocycles. The van der Waals surface area contributed by atoms with E-state index in [1.165, 1.54) is 6.92 Å². The molecule has 2 N–H and O–H groups in total. The van der Waals surface area contributed by atoms with E-state index in [0.717, 1.165) is 13.0 Å². The Kier molecular flexibility index (Phi) is 5.31. The lowest BCUT2D eigenvalue weighted by Crippen LogP contribution is -2.34. The second-order valence-electron chi connectivity index (χ2n) is 5.63. The monoisotopic (exact) mass is 296 g/mol. The smallest absolute Gasteiger partial charge is 0.253 e. The number of carbonyl (C=O) groups is 2. The molecular formula is C15H21ClN2O2. The topological polar surface area (TPSA) is 63.4 Å². The van der Waals surface area contributed by atoms with Crippen LogP contribution in [0.25, 0.3) is 0 Å². The Bertz CT molecular complexity index is 501. The minimum absolute atomic E-state index is 0. The summed E-state index contributed by atoms with van der Waals surface area (Å²) >= 11 is 0. The van der Waals surface area contributed by atoms with E-state index >= 15 is 0 Å². The summed E-state index contributed by atoms with van der Waals surface area (Å²) in [7, 11) is 0. The molecule has 0 bridgehead atoms. The van der Waals surface area contributed by atoms with Crippen molar-refractivity contribution in [2.75, 3.05) is 19.6 Å². The van der Waals surface area contributed by atoms with E-state index in [2.05, 4.69) is 6.92 Å². The van der Waals surface area contributed by atoms with Gasteiger partial charge in [0.2, 0.25) is 0 Å². The lowest BCUT2D eigenvalue weighted by Gasteiger charge is -2.22. The molecule has 2 rings (SSSR count). The molecule has 1 saturated heterocycles. The van der Waals surface area contributed by atoms with Crippen molar-refractivity contribution < 1.29 is 9.59 Å². The number of halogens is 1. The number of Topliss-reactive ketones (excluding diaryl/α,β-unsaturated/α-hetero) is 1. The molecule has 0 saturated carbocycles. The number of likely N-dealkylation sites (tertiary alicyclic amines) is 1. The summed E-state index contributed by atoms with van der Waals surface area (Å²) in [6.07, 6.45) is 0.945. The number of rotatable bonds is 3. The average molecular weight is 297 g/mol. The molecule has 1 fully saturated rings. The average Bonchev–Trinajstić information content (AvgIpc) is 2.81. The number of carbonyl (C=O) groups excluding carboxylic acids is 2. The van der Waals surface area contributed by atoms with Gasteiger partial charge in [-0.1, -0.05) is 19.1 Å². The fraction of sp³-hybridized carbons (Fsp3) is 0.467. The molecule has 1 aromatic rings. The highest BCUT2D eigenvalue weighted by atomic mass is 35.5. The van der Waals surface area contributed by atoms with Crippen LogP contribution in [0.1, 0.15) is 41.0 Å². The fourth-order valence-corrected chi connectivity index (χ4v) is 2.39. The second kappa shape index (κ2) is 6.37. The zero-order valence-corrected chi connectivity index (χ0v) is 12.7. The largest absolute Gasteiger partial charge is 0.338 e. The van der Waals surface area contributed by atoms with Gasteiger partial charge in [0.1, 0.15) is 0 Å². The van der Waals surface area contributed by atoms with E-state index in [-0.39, 0.29) is 29.5 Å². The van der Waals surface area contributed by atoms with Crippen molar-refractivity contribution in [2.24, 2.45) is 11.1 Å². The molecule has 0 aromatic heterocycles. The summed E-state index contributed by atoms with van der Waals surface area (Å²) in [5.74, 6) is 0.0307. The van der Waals surface area contributed by atoms with Gasteiger partial charge in [-0.25, -0.2) is 0 Å². The third-order valence-corrected chi connectivity index (χ3v) is 3.88. The van der Waals surface area contributed by atoms with Gasteiger partial charge in [0.25, 0.3) is 5.91 Å². The van der Waals surface area contributed by atoms with Crippen LogP contribution in [-0.4, -0.2) is 36.2 Å². The van der Waals surface area contributed by atoms with Crippen LogP contribution in [-0.2, 0) is 0 Å². The van der Waals surface area contributed by atoms with Crippen LogP contribution in [0, 0.1) is 5.41 Å². The maximum Gasteiger partial charge on any atom is 0.253 e. The van der Waals surface area contributed by atoms with Crippen molar-refractivity contribution in [3.05, 3.63) is 35.4 Å². The molecule has 1 heterocycles. The minimum atomic E-state index is 0. The van der Waals surface area contributed by atoms with Crippen molar-refractivity contribution >= 4 is 24.1 Å². The molecular weight excluding hydrogens is 276 g/mol. The minimum Gasteiger partial charge on any atom is -0.338 e. The first-order valence-corrected chi connectivity index (χ1v) is 6.55. The van der Waals surface area contributed by atoms with Gasteiger partial charge in [-0.3, -0.25) is 9.59 Å². The maximum absolute atomic E-state index is 12.3. The Morgan fingerprint density at radius 2 is 1.80 bits per heavy atom. The molecule has 1 unspecified atom stereocenters. The van der Waals surface area contributed by atoms with Crippen LogP contribution < -0.4 is 5.73 Å². The summed E-state index contributed by atoms with van der Waals surface area (Å²) in [6.45, 7) is 5.68. The van der Waals surface area contributed by atoms with Crippen molar-refractivity contribution in [1.29, 1.82) is 0 Å². The molecule has 0 spiro atoms. The number of hydrogen-bond acceptors (Lipinski definition) is 3. The van der Waals surface area contributed by atoms with Crippen LogP contribution in [0.4, 0.5) is 0 Å². The highest BCUT2D eigenvalue weighted by molar-refractivity contribution is 5.97. The Balaban J connectivity index is 0.00000200. The van der Waals surface area contributed by atoms with E-state index in [4.69, 9.17) is 5.73 Å². The molecule has 1 amide bonds. The number of amides is 1. The van der Waals surface area contributed by atoms with Crippen molar-refractivity contribution in [1.82, 2.24) is 4.90 Å². The highest BCUT2D eigenvalue weighted by Crippen LogP contribution is 2.29. The number of benzene rings is 1. The number of ketones is 1. The summed E-state index contributed by atoms with van der Waals surface area (Å²) in [5.41, 5.74) is 7.04. The summed E-state index contributed by atoms with van der Waals surface area (Å²) in [5, 5.41) is 0. The zero-order chi connectivity index (χ0) is 14.0. The molecule has 4 nitrogen and oxygen atoms in total. The van der Waals surface area contributed by atoms with Crippen molar-refractivity contribution in [3.8, 4) is 0 Å². The lowest BCUT2D eigenvalue weighted by molar-refractivity contribution is 0.0776. The Hall–Kier alpha value is -1.39. The predicted molar refractivity (Wildman–Crippen MR) is 81.4 cm³/mol. The molecule has 110 valence electrons. The van der Waals surface area contributed by atoms with E-state index in [0.29, 0.717) is 24.2 Å². The first-order valence-electron chi connectivity index (χ1n) is 6.55. The molecule has 5 heteroatoms. The second-order valence-corrected chi connectivity index (χ2v) is 5.63. The Morgan fingerprint density at radius 1 is 1.25 bits per heavy atom. The molecule has 1 atom stereocenters. The first kappa shape index (κ1) is 16.7. The fourth-order valence-electron chi connectivity index (χ4n) is 2.39. The van der Waals surface area contributed by atoms with E-state index < -0.39 is 0 Å². The molecule has 0 aliphatic carbocycles. The van der Waals surface area contributed by atoms with Gasteiger partial charge >= 0.3 is 0 Å². The van der Waals surface area contributed by atoms with Gasteiger partial charge in [-0.2, -0.15) is 0 Å². The van der Waals surface area contributed by atoms with Crippen molar-refractivity contribution in [3.63, 3.8) is 0 Å². The van der Waals surface area contributed by atoms with Gasteiger partial charge in [-0.15, -0.1) is 12.4 Å². The number of nitrogens with two attached hydrogens (primary N) is 1. The molecule has 20 heavy (non-hydrogen) atoms. The summed E-state index contributed by atoms with van der Waals surface area (Å²) in [6, 6.07) is 6.84. The third kappa shape index (κ3) is 3.38. The third-order valence-electron chi connectivity index (χ3n) is 3.88. The number of nitrogens with zero attached hydrogens (tertiary/aromatic N) is 1. The van der Waals surface area contributed by atoms with E-state index in [1.807, 2.05) is 4.90 Å². The zero-order valence-electron chi connectivity index (χ0n) is 11.9. The Morgan fingerprint density at radius 3 is 2.25 bits per heavy atom. The SMILES string of the molecule is CC(=O)c1ccc(C(=O)N2CCC(C)(CN)C2)cc1.Cl. The normalized spacial score (nSPS) is 21.4. The first-order chi connectivity index (χ1) is 8.95. The van der Waals surface area contributed by atoms with Crippen LogP contribution >= 0.6 is 12.4 Å². The standard InChI is InChI=1S/C15H20N2O2.ClH/c1-11(18)12-3-5-13(6-4-12)14(19)17-8-7-15(2,9-16)10-17;/h3-6H,7-10,16H2,1-2H3;1H. The molecule has 1 aromatic carbocycles. The quantitative estimate of drug-likeness (QED) is 0.869. The predicted octanol–water partition coefficient (Wildman–Crippen LogP) is 2.12. The van der Waals surface area contributed by atoms with Crippen molar-refractivity contribution in [2.45, 2.75) is 20.3 Å². The summed E-state index contributed by atoms with van der Waals surface area (Å²) in [4.78, 5) is 25.4. The van der Waals surface area contributed by atoms with Gasteiger partial charge in [0, 0.05) is 24.2 Å². The van der Waals surface area contributed by atoms with Gasteiger partial charge in [0.05, 0.1) is 0 Å². The van der Waals surface area contributed by atoms with Gasteiger partial charge in [0.15, 0.2) is 5.78 Å². The van der Waals surface area contributed by atoms with E-state index in [9.17, 15) is 9.59 Å². The molecule has 0 radical (unpaired) electrons. The van der Waals surface area contributed by atoms with E-state index in [1.54, 1.807) is 24.3 Å². The lowest BCUT2D eigenvalue weighted by atomic mass is 9.90. The maximum atomic E-state index is 12.3. The van der Waals surface area contributed by atoms with Gasteiger partial charge < -0.3 is 10.6 Å². The van der Waals surface area contributed by atoms with Crippen LogP contribution in [0.15, 0.2) is 24.3 Å². The Labute approximate surface area is 125 Å². The molecule has 1 aliphatic rings. The highest BCUT2D eigenvalue weighted by Gasteiger charge is 2.35.